The third-order valence-electron chi connectivity index (χ3n) is 4.82. The zero-order chi connectivity index (χ0) is 17.9. The van der Waals surface area contributed by atoms with E-state index in [2.05, 4.69) is 42.5 Å². The first-order valence-electron chi connectivity index (χ1n) is 8.89. The average molecular weight is 334 g/mol. The number of hydrogen-bond donors (Lipinski definition) is 0. The van der Waals surface area contributed by atoms with Crippen molar-refractivity contribution in [3.63, 3.8) is 0 Å². The van der Waals surface area contributed by atoms with Gasteiger partial charge in [-0.3, -0.25) is 4.79 Å². The predicted octanol–water partition coefficient (Wildman–Crippen LogP) is 2.43. The summed E-state index contributed by atoms with van der Waals surface area (Å²) in [5, 5.41) is 8.78. The molecule has 24 heavy (non-hydrogen) atoms. The Bertz CT molecular complexity index is 588. The summed E-state index contributed by atoms with van der Waals surface area (Å²) in [7, 11) is 0. The molecule has 1 aliphatic rings. The minimum Gasteiger partial charge on any atom is -0.341 e. The van der Waals surface area contributed by atoms with Gasteiger partial charge in [-0.25, -0.2) is 0 Å². The number of carbonyl (C=O) groups is 2. The fourth-order valence-corrected chi connectivity index (χ4v) is 3.43. The molecule has 0 saturated carbocycles. The normalized spacial score (nSPS) is 21.3. The number of amides is 1. The maximum Gasteiger partial charge on any atom is 0.219 e. The SMILES string of the molecule is CCn1c(CCCC(C)(C)C)nnc1[C@H]1CN(C(C)=O)CC1C=O. The van der Waals surface area contributed by atoms with Crippen LogP contribution in [0, 0.1) is 11.3 Å². The van der Waals surface area contributed by atoms with Gasteiger partial charge in [-0.05, 0) is 25.2 Å². The largest absolute Gasteiger partial charge is 0.341 e. The van der Waals surface area contributed by atoms with Crippen molar-refractivity contribution in [3.05, 3.63) is 11.6 Å². The van der Waals surface area contributed by atoms with E-state index >= 15 is 0 Å². The van der Waals surface area contributed by atoms with Gasteiger partial charge in [-0.15, -0.1) is 10.2 Å². The lowest BCUT2D eigenvalue weighted by molar-refractivity contribution is -0.128. The average Bonchev–Trinajstić information content (AvgIpc) is 3.08. The molecule has 2 atom stereocenters. The maximum absolute atomic E-state index is 11.6. The van der Waals surface area contributed by atoms with Crippen molar-refractivity contribution >= 4 is 12.2 Å². The summed E-state index contributed by atoms with van der Waals surface area (Å²) in [5.41, 5.74) is 0.315. The molecule has 6 heteroatoms. The molecule has 6 nitrogen and oxygen atoms in total. The van der Waals surface area contributed by atoms with Crippen LogP contribution in [-0.2, 0) is 22.6 Å². The topological polar surface area (TPSA) is 68.1 Å². The summed E-state index contributed by atoms with van der Waals surface area (Å²) < 4.78 is 2.13. The van der Waals surface area contributed by atoms with E-state index in [4.69, 9.17) is 0 Å². The van der Waals surface area contributed by atoms with E-state index in [-0.39, 0.29) is 17.7 Å². The zero-order valence-corrected chi connectivity index (χ0v) is 15.6. The van der Waals surface area contributed by atoms with Gasteiger partial charge in [0, 0.05) is 44.8 Å². The molecule has 0 bridgehead atoms. The van der Waals surface area contributed by atoms with Crippen molar-refractivity contribution in [1.82, 2.24) is 19.7 Å². The molecule has 0 aromatic carbocycles. The van der Waals surface area contributed by atoms with E-state index in [0.717, 1.165) is 43.7 Å². The van der Waals surface area contributed by atoms with E-state index in [9.17, 15) is 9.59 Å². The number of nitrogens with zero attached hydrogens (tertiary/aromatic N) is 4. The summed E-state index contributed by atoms with van der Waals surface area (Å²) in [6.45, 7) is 12.2. The Balaban J connectivity index is 2.16. The van der Waals surface area contributed by atoms with Crippen LogP contribution in [0.25, 0.3) is 0 Å². The van der Waals surface area contributed by atoms with Crippen molar-refractivity contribution in [2.45, 2.75) is 66.3 Å². The van der Waals surface area contributed by atoms with Crippen LogP contribution >= 0.6 is 0 Å². The van der Waals surface area contributed by atoms with Gasteiger partial charge in [-0.2, -0.15) is 0 Å². The molecule has 0 spiro atoms. The molecule has 2 rings (SSSR count). The molecule has 1 aliphatic heterocycles. The second-order valence-electron chi connectivity index (χ2n) is 7.96. The number of aldehydes is 1. The first-order valence-corrected chi connectivity index (χ1v) is 8.89. The maximum atomic E-state index is 11.6. The highest BCUT2D eigenvalue weighted by Gasteiger charge is 2.38. The Kier molecular flexibility index (Phi) is 5.78. The minimum atomic E-state index is -0.189. The van der Waals surface area contributed by atoms with Crippen LogP contribution in [-0.4, -0.2) is 44.9 Å². The lowest BCUT2D eigenvalue weighted by Crippen LogP contribution is -2.26. The summed E-state index contributed by atoms with van der Waals surface area (Å²) in [6, 6.07) is 0. The lowest BCUT2D eigenvalue weighted by Gasteiger charge is -2.18. The number of likely N-dealkylation sites (tertiary alicyclic amines) is 1. The molecule has 134 valence electrons. The fourth-order valence-electron chi connectivity index (χ4n) is 3.43. The summed E-state index contributed by atoms with van der Waals surface area (Å²) in [5.74, 6) is 1.62. The molecule has 1 aromatic heterocycles. The number of carbonyl (C=O) groups excluding carboxylic acids is 2. The molecule has 1 aromatic rings. The molecule has 0 radical (unpaired) electrons. The molecule has 1 fully saturated rings. The van der Waals surface area contributed by atoms with Gasteiger partial charge in [0.2, 0.25) is 5.91 Å². The minimum absolute atomic E-state index is 0.0114. The highest BCUT2D eigenvalue weighted by molar-refractivity contribution is 5.75. The van der Waals surface area contributed by atoms with E-state index in [1.54, 1.807) is 11.8 Å². The van der Waals surface area contributed by atoms with Crippen molar-refractivity contribution in [1.29, 1.82) is 0 Å². The summed E-state index contributed by atoms with van der Waals surface area (Å²) in [4.78, 5) is 24.8. The number of hydrogen-bond acceptors (Lipinski definition) is 4. The molecule has 1 amide bonds. The van der Waals surface area contributed by atoms with Gasteiger partial charge >= 0.3 is 0 Å². The quantitative estimate of drug-likeness (QED) is 0.749. The molecule has 1 saturated heterocycles. The molecular formula is C18H30N4O2. The van der Waals surface area contributed by atoms with Gasteiger partial charge in [0.1, 0.15) is 17.9 Å². The number of aromatic nitrogens is 3. The van der Waals surface area contributed by atoms with Crippen molar-refractivity contribution in [2.75, 3.05) is 13.1 Å². The summed E-state index contributed by atoms with van der Waals surface area (Å²) in [6.07, 6.45) is 4.06. The van der Waals surface area contributed by atoms with Crippen LogP contribution < -0.4 is 0 Å². The number of aryl methyl sites for hydroxylation is 1. The Hall–Kier alpha value is -1.72. The Morgan fingerprint density at radius 3 is 2.54 bits per heavy atom. The van der Waals surface area contributed by atoms with Gasteiger partial charge in [-0.1, -0.05) is 20.8 Å². The lowest BCUT2D eigenvalue weighted by atomic mass is 9.90. The van der Waals surface area contributed by atoms with E-state index in [1.165, 1.54) is 0 Å². The Morgan fingerprint density at radius 2 is 2.00 bits per heavy atom. The molecule has 2 heterocycles. The third kappa shape index (κ3) is 4.22. The van der Waals surface area contributed by atoms with Crippen molar-refractivity contribution in [2.24, 2.45) is 11.3 Å². The highest BCUT2D eigenvalue weighted by atomic mass is 16.2. The highest BCUT2D eigenvalue weighted by Crippen LogP contribution is 2.31. The van der Waals surface area contributed by atoms with Crippen LogP contribution in [0.15, 0.2) is 0 Å². The molecule has 0 N–H and O–H groups in total. The smallest absolute Gasteiger partial charge is 0.219 e. The standard InChI is InChI=1S/C18H30N4O2/c1-6-22-16(8-7-9-18(3,4)5)19-20-17(22)15-11-21(13(2)24)10-14(15)12-23/h12,14-15H,6-11H2,1-5H3/t14?,15-/m0/s1. The van der Waals surface area contributed by atoms with Crippen molar-refractivity contribution in [3.8, 4) is 0 Å². The van der Waals surface area contributed by atoms with Crippen LogP contribution in [0.1, 0.15) is 65.0 Å². The van der Waals surface area contributed by atoms with E-state index in [0.29, 0.717) is 18.5 Å². The van der Waals surface area contributed by atoms with Crippen LogP contribution in [0.2, 0.25) is 0 Å². The third-order valence-corrected chi connectivity index (χ3v) is 4.82. The first kappa shape index (κ1) is 18.6. The van der Waals surface area contributed by atoms with Crippen LogP contribution in [0.5, 0.6) is 0 Å². The van der Waals surface area contributed by atoms with Gasteiger partial charge in [0.15, 0.2) is 0 Å². The van der Waals surface area contributed by atoms with Gasteiger partial charge < -0.3 is 14.3 Å². The molecular weight excluding hydrogens is 304 g/mol. The fraction of sp³-hybridized carbons (Fsp3) is 0.778. The van der Waals surface area contributed by atoms with E-state index < -0.39 is 0 Å². The Labute approximate surface area is 144 Å². The van der Waals surface area contributed by atoms with Crippen LogP contribution in [0.3, 0.4) is 0 Å². The number of rotatable bonds is 6. The summed E-state index contributed by atoms with van der Waals surface area (Å²) >= 11 is 0. The molecule has 0 aliphatic carbocycles. The zero-order valence-electron chi connectivity index (χ0n) is 15.6. The first-order chi connectivity index (χ1) is 11.3. The predicted molar refractivity (Wildman–Crippen MR) is 92.6 cm³/mol. The van der Waals surface area contributed by atoms with Gasteiger partial charge in [0.25, 0.3) is 0 Å². The van der Waals surface area contributed by atoms with Crippen LogP contribution in [0.4, 0.5) is 0 Å². The second kappa shape index (κ2) is 7.45. The van der Waals surface area contributed by atoms with Crippen molar-refractivity contribution < 1.29 is 9.59 Å². The Morgan fingerprint density at radius 1 is 1.29 bits per heavy atom. The molecule has 1 unspecified atom stereocenters. The second-order valence-corrected chi connectivity index (χ2v) is 7.96. The van der Waals surface area contributed by atoms with Gasteiger partial charge in [0.05, 0.1) is 0 Å². The van der Waals surface area contributed by atoms with E-state index in [1.807, 2.05) is 0 Å². The monoisotopic (exact) mass is 334 g/mol.